The summed E-state index contributed by atoms with van der Waals surface area (Å²) in [7, 11) is 0. The molecule has 1 atom stereocenters. The van der Waals surface area contributed by atoms with Crippen molar-refractivity contribution in [2.75, 3.05) is 6.54 Å². The predicted octanol–water partition coefficient (Wildman–Crippen LogP) is 2.89. The molecule has 0 bridgehead atoms. The number of carbonyl (C=O) groups excluding carboxylic acids is 1. The molecule has 0 radical (unpaired) electrons. The highest BCUT2D eigenvalue weighted by molar-refractivity contribution is 9.10. The van der Waals surface area contributed by atoms with Gasteiger partial charge in [0.1, 0.15) is 11.6 Å². The van der Waals surface area contributed by atoms with Crippen LogP contribution in [0.4, 0.5) is 0 Å². The number of amides is 1. The van der Waals surface area contributed by atoms with Crippen molar-refractivity contribution in [3.05, 3.63) is 69.6 Å². The second-order valence-corrected chi connectivity index (χ2v) is 7.45. The normalized spacial score (nSPS) is 12.4. The molecule has 0 unspecified atom stereocenters. The number of fused-ring (bicyclic) bond motifs is 2. The van der Waals surface area contributed by atoms with E-state index < -0.39 is 6.04 Å². The first-order valence-corrected chi connectivity index (χ1v) is 9.70. The number of hydrogen-bond acceptors (Lipinski definition) is 4. The standard InChI is InChI=1S/C20H18BrN5O2/c1-13(26-20(28)16-4-2-3-5-17(16)23-24-26)19(27)22-9-11-25-10-8-14-6-7-15(21)12-18(14)25/h2-8,10,12-13H,9,11H2,1H3,(H,22,27)/t13-/m1/s1. The van der Waals surface area contributed by atoms with Crippen molar-refractivity contribution in [3.8, 4) is 0 Å². The van der Waals surface area contributed by atoms with E-state index in [1.807, 2.05) is 30.5 Å². The van der Waals surface area contributed by atoms with Crippen molar-refractivity contribution in [2.24, 2.45) is 0 Å². The van der Waals surface area contributed by atoms with Gasteiger partial charge in [0.25, 0.3) is 5.56 Å². The molecule has 0 saturated carbocycles. The molecule has 0 aliphatic rings. The van der Waals surface area contributed by atoms with Crippen molar-refractivity contribution >= 4 is 43.6 Å². The van der Waals surface area contributed by atoms with Crippen LogP contribution in [0.3, 0.4) is 0 Å². The Morgan fingerprint density at radius 1 is 1.21 bits per heavy atom. The number of nitrogens with one attached hydrogen (secondary N) is 1. The fraction of sp³-hybridized carbons (Fsp3) is 0.200. The molecular weight excluding hydrogens is 422 g/mol. The Hall–Kier alpha value is -3.00. The third kappa shape index (κ3) is 3.43. The highest BCUT2D eigenvalue weighted by Gasteiger charge is 2.18. The monoisotopic (exact) mass is 439 g/mol. The van der Waals surface area contributed by atoms with Gasteiger partial charge in [-0.05, 0) is 42.6 Å². The maximum Gasteiger partial charge on any atom is 0.278 e. The molecule has 0 saturated heterocycles. The molecule has 0 fully saturated rings. The van der Waals surface area contributed by atoms with Crippen molar-refractivity contribution in [3.63, 3.8) is 0 Å². The number of benzene rings is 2. The first-order chi connectivity index (χ1) is 13.5. The third-order valence-electron chi connectivity index (χ3n) is 4.73. The van der Waals surface area contributed by atoms with E-state index in [9.17, 15) is 9.59 Å². The lowest BCUT2D eigenvalue weighted by molar-refractivity contribution is -0.124. The van der Waals surface area contributed by atoms with Crippen LogP contribution in [0.2, 0.25) is 0 Å². The molecule has 4 rings (SSSR count). The number of halogens is 1. The topological polar surface area (TPSA) is 81.8 Å². The number of hydrogen-bond donors (Lipinski definition) is 1. The van der Waals surface area contributed by atoms with E-state index >= 15 is 0 Å². The van der Waals surface area contributed by atoms with E-state index in [1.165, 1.54) is 0 Å². The highest BCUT2D eigenvalue weighted by Crippen LogP contribution is 2.20. The second-order valence-electron chi connectivity index (χ2n) is 6.54. The lowest BCUT2D eigenvalue weighted by Crippen LogP contribution is -2.38. The molecule has 142 valence electrons. The summed E-state index contributed by atoms with van der Waals surface area (Å²) in [4.78, 5) is 25.1. The van der Waals surface area contributed by atoms with Gasteiger partial charge in [0.15, 0.2) is 0 Å². The molecule has 0 aliphatic heterocycles. The van der Waals surface area contributed by atoms with Gasteiger partial charge >= 0.3 is 0 Å². The molecule has 2 heterocycles. The fourth-order valence-corrected chi connectivity index (χ4v) is 3.51. The van der Waals surface area contributed by atoms with Crippen LogP contribution in [0.5, 0.6) is 0 Å². The number of carbonyl (C=O) groups is 1. The lowest BCUT2D eigenvalue weighted by Gasteiger charge is -2.14. The minimum absolute atomic E-state index is 0.274. The third-order valence-corrected chi connectivity index (χ3v) is 5.22. The van der Waals surface area contributed by atoms with Gasteiger partial charge < -0.3 is 9.88 Å². The van der Waals surface area contributed by atoms with Gasteiger partial charge in [-0.1, -0.05) is 39.3 Å². The van der Waals surface area contributed by atoms with Crippen molar-refractivity contribution in [2.45, 2.75) is 19.5 Å². The summed E-state index contributed by atoms with van der Waals surface area (Å²) in [5.74, 6) is -0.274. The van der Waals surface area contributed by atoms with E-state index in [2.05, 4.69) is 36.1 Å². The van der Waals surface area contributed by atoms with Crippen molar-refractivity contribution < 1.29 is 4.79 Å². The summed E-state index contributed by atoms with van der Waals surface area (Å²) >= 11 is 3.48. The summed E-state index contributed by atoms with van der Waals surface area (Å²) in [5, 5.41) is 12.4. The Morgan fingerprint density at radius 3 is 2.89 bits per heavy atom. The van der Waals surface area contributed by atoms with Gasteiger partial charge in [0.2, 0.25) is 5.91 Å². The van der Waals surface area contributed by atoms with Crippen LogP contribution in [0.25, 0.3) is 21.8 Å². The Labute approximate surface area is 169 Å². The lowest BCUT2D eigenvalue weighted by atomic mass is 10.2. The second kappa shape index (κ2) is 7.55. The Kier molecular flexibility index (Phi) is 4.95. The van der Waals surface area contributed by atoms with Crippen LogP contribution in [-0.4, -0.2) is 32.0 Å². The van der Waals surface area contributed by atoms with Crippen molar-refractivity contribution in [1.82, 2.24) is 24.9 Å². The highest BCUT2D eigenvalue weighted by atomic mass is 79.9. The van der Waals surface area contributed by atoms with Gasteiger partial charge in [-0.15, -0.1) is 5.10 Å². The zero-order chi connectivity index (χ0) is 19.7. The largest absolute Gasteiger partial charge is 0.352 e. The molecule has 0 aliphatic carbocycles. The van der Waals surface area contributed by atoms with E-state index in [-0.39, 0.29) is 11.5 Å². The summed E-state index contributed by atoms with van der Waals surface area (Å²) in [6, 6.07) is 14.3. The van der Waals surface area contributed by atoms with E-state index in [1.54, 1.807) is 31.2 Å². The number of aromatic nitrogens is 4. The molecular formula is C20H18BrN5O2. The first-order valence-electron chi connectivity index (χ1n) is 8.91. The van der Waals surface area contributed by atoms with Gasteiger partial charge in [0, 0.05) is 29.3 Å². The number of nitrogens with zero attached hydrogens (tertiary/aromatic N) is 4. The maximum atomic E-state index is 12.6. The van der Waals surface area contributed by atoms with Crippen molar-refractivity contribution in [1.29, 1.82) is 0 Å². The average Bonchev–Trinajstić information content (AvgIpc) is 3.10. The Balaban J connectivity index is 1.45. The molecule has 8 heteroatoms. The molecule has 7 nitrogen and oxygen atoms in total. The minimum Gasteiger partial charge on any atom is -0.352 e. The molecule has 2 aromatic carbocycles. The van der Waals surface area contributed by atoms with Crippen LogP contribution in [0, 0.1) is 0 Å². The molecule has 0 spiro atoms. The summed E-state index contributed by atoms with van der Waals surface area (Å²) < 4.78 is 4.21. The molecule has 2 aromatic heterocycles. The maximum absolute atomic E-state index is 12.6. The summed E-state index contributed by atoms with van der Waals surface area (Å²) in [6.45, 7) is 2.70. The predicted molar refractivity (Wildman–Crippen MR) is 111 cm³/mol. The Bertz CT molecular complexity index is 1230. The molecule has 1 N–H and O–H groups in total. The van der Waals surface area contributed by atoms with Crippen LogP contribution in [0.1, 0.15) is 13.0 Å². The van der Waals surface area contributed by atoms with Gasteiger partial charge in [-0.2, -0.15) is 4.68 Å². The van der Waals surface area contributed by atoms with Gasteiger partial charge in [0.05, 0.1) is 5.39 Å². The van der Waals surface area contributed by atoms with Crippen LogP contribution >= 0.6 is 15.9 Å². The van der Waals surface area contributed by atoms with Gasteiger partial charge in [-0.3, -0.25) is 9.59 Å². The minimum atomic E-state index is -0.750. The zero-order valence-electron chi connectivity index (χ0n) is 15.2. The molecule has 1 amide bonds. The van der Waals surface area contributed by atoms with E-state index in [0.29, 0.717) is 24.0 Å². The SMILES string of the molecule is C[C@H](C(=O)NCCn1ccc2ccc(Br)cc21)n1nnc2ccccc2c1=O. The zero-order valence-corrected chi connectivity index (χ0v) is 16.8. The molecule has 28 heavy (non-hydrogen) atoms. The van der Waals surface area contributed by atoms with Gasteiger partial charge in [-0.25, -0.2) is 0 Å². The van der Waals surface area contributed by atoms with E-state index in [0.717, 1.165) is 20.1 Å². The number of rotatable bonds is 5. The van der Waals surface area contributed by atoms with E-state index in [4.69, 9.17) is 0 Å². The van der Waals surface area contributed by atoms with Crippen LogP contribution in [-0.2, 0) is 11.3 Å². The summed E-state index contributed by atoms with van der Waals surface area (Å²) in [6.07, 6.45) is 1.99. The first kappa shape index (κ1) is 18.4. The average molecular weight is 440 g/mol. The smallest absolute Gasteiger partial charge is 0.278 e. The Morgan fingerprint density at radius 2 is 2.04 bits per heavy atom. The quantitative estimate of drug-likeness (QED) is 0.518. The fourth-order valence-electron chi connectivity index (χ4n) is 3.17. The molecule has 4 aromatic rings. The van der Waals surface area contributed by atoms with Crippen LogP contribution in [0.15, 0.2) is 64.0 Å². The van der Waals surface area contributed by atoms with Crippen LogP contribution < -0.4 is 10.9 Å². The summed E-state index contributed by atoms with van der Waals surface area (Å²) in [5.41, 5.74) is 1.28.